The topological polar surface area (TPSA) is 67.8 Å². The van der Waals surface area contributed by atoms with Gasteiger partial charge in [0.15, 0.2) is 5.79 Å². The molecule has 2 saturated heterocycles. The zero-order valence-electron chi connectivity index (χ0n) is 9.57. The van der Waals surface area contributed by atoms with Gasteiger partial charge in [0.25, 0.3) is 0 Å². The van der Waals surface area contributed by atoms with Crippen molar-refractivity contribution < 1.29 is 19.4 Å². The molecule has 0 bridgehead atoms. The maximum Gasteiger partial charge on any atom is 0.306 e. The van der Waals surface area contributed by atoms with Crippen LogP contribution < -0.4 is 5.32 Å². The van der Waals surface area contributed by atoms with E-state index in [0.717, 1.165) is 19.4 Å². The van der Waals surface area contributed by atoms with Crippen molar-refractivity contribution in [3.63, 3.8) is 0 Å². The summed E-state index contributed by atoms with van der Waals surface area (Å²) in [7, 11) is 0. The molecule has 16 heavy (non-hydrogen) atoms. The Morgan fingerprint density at radius 1 is 1.62 bits per heavy atom. The third-order valence-electron chi connectivity index (χ3n) is 3.17. The number of nitrogens with one attached hydrogen (secondary N) is 1. The number of ether oxygens (including phenoxy) is 2. The van der Waals surface area contributed by atoms with Gasteiger partial charge in [-0.1, -0.05) is 0 Å². The standard InChI is InChI=1S/C11H19NO4/c1-11(6-8-3-2-4-12-8)15-7-9(16-11)5-10(13)14/h8-9,12H,2-7H2,1H3,(H,13,14). The number of carboxylic acids is 1. The Morgan fingerprint density at radius 2 is 2.44 bits per heavy atom. The molecular formula is C11H19NO4. The van der Waals surface area contributed by atoms with E-state index in [0.29, 0.717) is 12.6 Å². The van der Waals surface area contributed by atoms with E-state index < -0.39 is 11.8 Å². The third-order valence-corrected chi connectivity index (χ3v) is 3.17. The molecule has 2 N–H and O–H groups in total. The van der Waals surface area contributed by atoms with Gasteiger partial charge >= 0.3 is 5.97 Å². The maximum absolute atomic E-state index is 10.6. The first-order valence-corrected chi connectivity index (χ1v) is 5.84. The van der Waals surface area contributed by atoms with Gasteiger partial charge in [-0.15, -0.1) is 0 Å². The van der Waals surface area contributed by atoms with Crippen LogP contribution in [0.4, 0.5) is 0 Å². The molecule has 2 heterocycles. The van der Waals surface area contributed by atoms with Crippen LogP contribution in [0, 0.1) is 0 Å². The highest BCUT2D eigenvalue weighted by Gasteiger charge is 2.40. The monoisotopic (exact) mass is 229 g/mol. The summed E-state index contributed by atoms with van der Waals surface area (Å²) in [6.45, 7) is 3.34. The molecule has 2 aliphatic rings. The van der Waals surface area contributed by atoms with Gasteiger partial charge in [0, 0.05) is 12.5 Å². The van der Waals surface area contributed by atoms with E-state index >= 15 is 0 Å². The summed E-state index contributed by atoms with van der Waals surface area (Å²) in [5, 5.41) is 12.1. The van der Waals surface area contributed by atoms with Crippen LogP contribution in [0.5, 0.6) is 0 Å². The normalized spacial score (nSPS) is 39.1. The van der Waals surface area contributed by atoms with E-state index in [9.17, 15) is 4.79 Å². The van der Waals surface area contributed by atoms with Gasteiger partial charge in [0.2, 0.25) is 0 Å². The zero-order valence-corrected chi connectivity index (χ0v) is 9.57. The van der Waals surface area contributed by atoms with E-state index in [2.05, 4.69) is 5.32 Å². The van der Waals surface area contributed by atoms with E-state index in [-0.39, 0.29) is 12.5 Å². The summed E-state index contributed by atoms with van der Waals surface area (Å²) in [6, 6.07) is 0.438. The van der Waals surface area contributed by atoms with Crippen LogP contribution in [0.1, 0.15) is 32.6 Å². The minimum absolute atomic E-state index is 0.0215. The molecule has 0 aromatic heterocycles. The highest BCUT2D eigenvalue weighted by Crippen LogP contribution is 2.31. The number of carbonyl (C=O) groups is 1. The molecule has 0 radical (unpaired) electrons. The molecule has 0 spiro atoms. The lowest BCUT2D eigenvalue weighted by atomic mass is 10.1. The summed E-state index contributed by atoms with van der Waals surface area (Å²) in [5.41, 5.74) is 0. The molecule has 2 aliphatic heterocycles. The molecular weight excluding hydrogens is 210 g/mol. The predicted molar refractivity (Wildman–Crippen MR) is 57.1 cm³/mol. The van der Waals surface area contributed by atoms with Crippen LogP contribution >= 0.6 is 0 Å². The van der Waals surface area contributed by atoms with Crippen molar-refractivity contribution in [3.05, 3.63) is 0 Å². The number of hydrogen-bond acceptors (Lipinski definition) is 4. The summed E-state index contributed by atoms with van der Waals surface area (Å²) in [5.74, 6) is -1.45. The third kappa shape index (κ3) is 2.93. The van der Waals surface area contributed by atoms with Gasteiger partial charge in [0.05, 0.1) is 19.1 Å². The second-order valence-corrected chi connectivity index (χ2v) is 4.78. The Morgan fingerprint density at radius 3 is 3.06 bits per heavy atom. The molecule has 3 atom stereocenters. The quantitative estimate of drug-likeness (QED) is 0.744. The number of aliphatic carboxylic acids is 1. The molecule has 5 heteroatoms. The van der Waals surface area contributed by atoms with Gasteiger partial charge in [0.1, 0.15) is 0 Å². The van der Waals surface area contributed by atoms with Crippen molar-refractivity contribution in [3.8, 4) is 0 Å². The fraction of sp³-hybridized carbons (Fsp3) is 0.909. The van der Waals surface area contributed by atoms with Crippen molar-refractivity contribution in [1.82, 2.24) is 5.32 Å². The molecule has 0 aromatic carbocycles. The SMILES string of the molecule is CC1(CC2CCCN2)OCC(CC(=O)O)O1. The minimum atomic E-state index is -0.836. The lowest BCUT2D eigenvalue weighted by molar-refractivity contribution is -0.165. The first-order chi connectivity index (χ1) is 7.57. The zero-order chi connectivity index (χ0) is 11.6. The average molecular weight is 229 g/mol. The first-order valence-electron chi connectivity index (χ1n) is 5.84. The highest BCUT2D eigenvalue weighted by atomic mass is 16.7. The highest BCUT2D eigenvalue weighted by molar-refractivity contribution is 5.67. The van der Waals surface area contributed by atoms with Crippen molar-refractivity contribution in [2.45, 2.75) is 50.5 Å². The number of hydrogen-bond donors (Lipinski definition) is 2. The molecule has 5 nitrogen and oxygen atoms in total. The second kappa shape index (κ2) is 4.69. The van der Waals surface area contributed by atoms with Crippen molar-refractivity contribution >= 4 is 5.97 Å². The van der Waals surface area contributed by atoms with Crippen LogP contribution in [-0.4, -0.2) is 42.2 Å². The lowest BCUT2D eigenvalue weighted by Gasteiger charge is -2.26. The van der Waals surface area contributed by atoms with Gasteiger partial charge in [-0.2, -0.15) is 0 Å². The minimum Gasteiger partial charge on any atom is -0.481 e. The van der Waals surface area contributed by atoms with Crippen LogP contribution in [0.15, 0.2) is 0 Å². The average Bonchev–Trinajstić information content (AvgIpc) is 2.76. The molecule has 0 aromatic rings. The fourth-order valence-electron chi connectivity index (χ4n) is 2.47. The second-order valence-electron chi connectivity index (χ2n) is 4.78. The van der Waals surface area contributed by atoms with Crippen molar-refractivity contribution in [1.29, 1.82) is 0 Å². The van der Waals surface area contributed by atoms with Gasteiger partial charge < -0.3 is 19.9 Å². The maximum atomic E-state index is 10.6. The van der Waals surface area contributed by atoms with Crippen LogP contribution in [0.3, 0.4) is 0 Å². The summed E-state index contributed by atoms with van der Waals surface area (Å²) < 4.78 is 11.3. The van der Waals surface area contributed by atoms with Crippen molar-refractivity contribution in [2.24, 2.45) is 0 Å². The molecule has 2 rings (SSSR count). The Kier molecular flexibility index (Phi) is 3.47. The summed E-state index contributed by atoms with van der Waals surface area (Å²) in [6.07, 6.45) is 2.85. The number of rotatable bonds is 4. The Bertz CT molecular complexity index is 265. The first kappa shape index (κ1) is 11.8. The predicted octanol–water partition coefficient (Wildman–Crippen LogP) is 0.735. The van der Waals surface area contributed by atoms with E-state index in [1.54, 1.807) is 0 Å². The summed E-state index contributed by atoms with van der Waals surface area (Å²) in [4.78, 5) is 10.6. The summed E-state index contributed by atoms with van der Waals surface area (Å²) >= 11 is 0. The Labute approximate surface area is 95.1 Å². The lowest BCUT2D eigenvalue weighted by Crippen LogP contribution is -2.36. The van der Waals surface area contributed by atoms with Gasteiger partial charge in [-0.25, -0.2) is 0 Å². The molecule has 0 saturated carbocycles. The molecule has 2 fully saturated rings. The Balaban J connectivity index is 1.82. The molecule has 0 aliphatic carbocycles. The largest absolute Gasteiger partial charge is 0.481 e. The molecule has 3 unspecified atom stereocenters. The van der Waals surface area contributed by atoms with Crippen LogP contribution in [0.2, 0.25) is 0 Å². The van der Waals surface area contributed by atoms with Crippen LogP contribution in [-0.2, 0) is 14.3 Å². The van der Waals surface area contributed by atoms with E-state index in [1.807, 2.05) is 6.92 Å². The smallest absolute Gasteiger partial charge is 0.306 e. The molecule has 0 amide bonds. The van der Waals surface area contributed by atoms with E-state index in [4.69, 9.17) is 14.6 Å². The Hall–Kier alpha value is -0.650. The molecule has 92 valence electrons. The fourth-order valence-corrected chi connectivity index (χ4v) is 2.47. The number of carboxylic acid groups (broad SMARTS) is 1. The van der Waals surface area contributed by atoms with Crippen LogP contribution in [0.25, 0.3) is 0 Å². The van der Waals surface area contributed by atoms with Crippen molar-refractivity contribution in [2.75, 3.05) is 13.2 Å². The van der Waals surface area contributed by atoms with E-state index in [1.165, 1.54) is 6.42 Å². The van der Waals surface area contributed by atoms with Gasteiger partial charge in [-0.05, 0) is 26.3 Å². The van der Waals surface area contributed by atoms with Gasteiger partial charge in [-0.3, -0.25) is 4.79 Å².